The molecule has 0 spiro atoms. The summed E-state index contributed by atoms with van der Waals surface area (Å²) in [5.41, 5.74) is 2.52. The Hall–Kier alpha value is -3.22. The van der Waals surface area contributed by atoms with E-state index in [-0.39, 0.29) is 5.78 Å². The summed E-state index contributed by atoms with van der Waals surface area (Å²) in [6, 6.07) is 34.6. The van der Waals surface area contributed by atoms with Crippen LogP contribution < -0.4 is 15.9 Å². The molecular formula is C26H21O2P. The van der Waals surface area contributed by atoms with Gasteiger partial charge in [0.05, 0.1) is 0 Å². The van der Waals surface area contributed by atoms with Gasteiger partial charge in [0.2, 0.25) is 0 Å². The molecule has 3 heteroatoms. The van der Waals surface area contributed by atoms with Gasteiger partial charge >= 0.3 is 0 Å². The second kappa shape index (κ2) is 8.03. The number of benzene rings is 4. The molecule has 142 valence electrons. The molecule has 0 radical (unpaired) electrons. The lowest BCUT2D eigenvalue weighted by Crippen LogP contribution is -2.26. The highest BCUT2D eigenvalue weighted by atomic mass is 31.2. The maximum Gasteiger partial charge on any atom is 0.171 e. The number of rotatable bonds is 5. The Kier molecular flexibility index (Phi) is 5.29. The molecule has 0 aliphatic rings. The van der Waals surface area contributed by atoms with Crippen LogP contribution >= 0.6 is 7.14 Å². The minimum absolute atomic E-state index is 0.0316. The third-order valence-corrected chi connectivity index (χ3v) is 8.20. The molecule has 0 heterocycles. The van der Waals surface area contributed by atoms with Crippen molar-refractivity contribution in [3.63, 3.8) is 0 Å². The first kappa shape index (κ1) is 19.1. The molecule has 4 aromatic carbocycles. The van der Waals surface area contributed by atoms with E-state index in [1.54, 1.807) is 6.92 Å². The molecule has 0 aliphatic heterocycles. The van der Waals surface area contributed by atoms with Crippen LogP contribution in [0, 0.1) is 0 Å². The van der Waals surface area contributed by atoms with Crippen molar-refractivity contribution >= 4 is 28.8 Å². The quantitative estimate of drug-likeness (QED) is 0.343. The van der Waals surface area contributed by atoms with Crippen molar-refractivity contribution < 1.29 is 9.36 Å². The third-order valence-electron chi connectivity index (χ3n) is 5.09. The highest BCUT2D eigenvalue weighted by Crippen LogP contribution is 2.45. The maximum absolute atomic E-state index is 14.7. The zero-order valence-electron chi connectivity index (χ0n) is 16.2. The van der Waals surface area contributed by atoms with Crippen molar-refractivity contribution in [3.8, 4) is 11.1 Å². The third kappa shape index (κ3) is 3.60. The van der Waals surface area contributed by atoms with Crippen LogP contribution in [0.25, 0.3) is 11.1 Å². The Morgan fingerprint density at radius 2 is 1.10 bits per heavy atom. The first-order chi connectivity index (χ1) is 14.1. The van der Waals surface area contributed by atoms with E-state index >= 15 is 0 Å². The second-order valence-corrected chi connectivity index (χ2v) is 9.66. The maximum atomic E-state index is 14.7. The molecule has 0 amide bonds. The van der Waals surface area contributed by atoms with Crippen LogP contribution in [-0.4, -0.2) is 5.78 Å². The summed E-state index contributed by atoms with van der Waals surface area (Å²) in [4.78, 5) is 11.6. The molecular weight excluding hydrogens is 375 g/mol. The van der Waals surface area contributed by atoms with Gasteiger partial charge in [0, 0.05) is 21.5 Å². The van der Waals surface area contributed by atoms with Crippen LogP contribution in [0.15, 0.2) is 109 Å². The van der Waals surface area contributed by atoms with E-state index in [0.29, 0.717) is 5.56 Å². The van der Waals surface area contributed by atoms with Crippen LogP contribution in [0.4, 0.5) is 0 Å². The lowest BCUT2D eigenvalue weighted by Gasteiger charge is -2.23. The molecule has 0 N–H and O–H groups in total. The molecule has 4 aromatic rings. The number of carbonyl (C=O) groups excluding carboxylic acids is 1. The Labute approximate surface area is 171 Å². The van der Waals surface area contributed by atoms with E-state index in [2.05, 4.69) is 0 Å². The summed E-state index contributed by atoms with van der Waals surface area (Å²) < 4.78 is 14.7. The molecule has 0 aromatic heterocycles. The van der Waals surface area contributed by atoms with E-state index in [4.69, 9.17) is 0 Å². The smallest absolute Gasteiger partial charge is 0.171 e. The minimum atomic E-state index is -3.08. The summed E-state index contributed by atoms with van der Waals surface area (Å²) in [5.74, 6) is 0.0316. The van der Waals surface area contributed by atoms with Crippen LogP contribution in [0.3, 0.4) is 0 Å². The standard InChI is InChI=1S/C26H21O2P/c1-20(27)21-16-18-22(19-17-21)25-14-8-9-15-26(25)29(28,23-10-4-2-5-11-23)24-12-6-3-7-13-24/h2-19H,1H3. The van der Waals surface area contributed by atoms with Gasteiger partial charge in [-0.05, 0) is 18.1 Å². The van der Waals surface area contributed by atoms with Crippen molar-refractivity contribution in [3.05, 3.63) is 115 Å². The summed E-state index contributed by atoms with van der Waals surface area (Å²) >= 11 is 0. The van der Waals surface area contributed by atoms with E-state index in [1.807, 2.05) is 109 Å². The van der Waals surface area contributed by atoms with Gasteiger partial charge in [-0.3, -0.25) is 4.79 Å². The number of ketones is 1. The van der Waals surface area contributed by atoms with E-state index in [9.17, 15) is 9.36 Å². The Morgan fingerprint density at radius 3 is 1.62 bits per heavy atom. The molecule has 0 bridgehead atoms. The molecule has 0 saturated heterocycles. The van der Waals surface area contributed by atoms with Gasteiger partial charge in [-0.1, -0.05) is 109 Å². The van der Waals surface area contributed by atoms with E-state index in [1.165, 1.54) is 0 Å². The van der Waals surface area contributed by atoms with Crippen molar-refractivity contribution in [2.75, 3.05) is 0 Å². The van der Waals surface area contributed by atoms with Gasteiger partial charge in [-0.25, -0.2) is 0 Å². The molecule has 2 nitrogen and oxygen atoms in total. The molecule has 0 fully saturated rings. The molecule has 0 unspecified atom stereocenters. The largest absolute Gasteiger partial charge is 0.309 e. The summed E-state index contributed by atoms with van der Waals surface area (Å²) in [6.45, 7) is 1.56. The fraction of sp³-hybridized carbons (Fsp3) is 0.0385. The Balaban J connectivity index is 1.96. The zero-order chi connectivity index (χ0) is 20.3. The monoisotopic (exact) mass is 396 g/mol. The van der Waals surface area contributed by atoms with Gasteiger partial charge in [0.15, 0.2) is 12.9 Å². The van der Waals surface area contributed by atoms with E-state index < -0.39 is 7.14 Å². The molecule has 0 saturated carbocycles. The fourth-order valence-electron chi connectivity index (χ4n) is 3.58. The Morgan fingerprint density at radius 1 is 0.621 bits per heavy atom. The van der Waals surface area contributed by atoms with Gasteiger partial charge in [-0.2, -0.15) is 0 Å². The average molecular weight is 396 g/mol. The number of hydrogen-bond donors (Lipinski definition) is 0. The number of carbonyl (C=O) groups is 1. The number of Topliss-reactive ketones (excluding diaryl/α,β-unsaturated/α-hetero) is 1. The van der Waals surface area contributed by atoms with Crippen LogP contribution in [0.5, 0.6) is 0 Å². The Bertz CT molecular complexity index is 1140. The van der Waals surface area contributed by atoms with Crippen LogP contribution in [0.2, 0.25) is 0 Å². The highest BCUT2D eigenvalue weighted by Gasteiger charge is 2.31. The van der Waals surface area contributed by atoms with Gasteiger partial charge < -0.3 is 4.57 Å². The zero-order valence-corrected chi connectivity index (χ0v) is 17.1. The van der Waals surface area contributed by atoms with Crippen LogP contribution in [-0.2, 0) is 4.57 Å². The number of hydrogen-bond acceptors (Lipinski definition) is 2. The van der Waals surface area contributed by atoms with Gasteiger partial charge in [0.25, 0.3) is 0 Å². The van der Waals surface area contributed by atoms with Crippen molar-refractivity contribution in [2.24, 2.45) is 0 Å². The SMILES string of the molecule is CC(=O)c1ccc(-c2ccccc2P(=O)(c2ccccc2)c2ccccc2)cc1. The molecule has 4 rings (SSSR count). The predicted octanol–water partition coefficient (Wildman–Crippen LogP) is 5.20. The molecule has 0 aliphatic carbocycles. The van der Waals surface area contributed by atoms with E-state index in [0.717, 1.165) is 27.0 Å². The van der Waals surface area contributed by atoms with Gasteiger partial charge in [0.1, 0.15) is 0 Å². The fourth-order valence-corrected chi connectivity index (χ4v) is 6.46. The first-order valence-corrected chi connectivity index (χ1v) is 11.2. The first-order valence-electron chi connectivity index (χ1n) is 9.53. The van der Waals surface area contributed by atoms with Crippen molar-refractivity contribution in [2.45, 2.75) is 6.92 Å². The summed E-state index contributed by atoms with van der Waals surface area (Å²) in [7, 11) is -3.08. The predicted molar refractivity (Wildman–Crippen MR) is 121 cm³/mol. The normalized spacial score (nSPS) is 11.2. The summed E-state index contributed by atoms with van der Waals surface area (Å²) in [6.07, 6.45) is 0. The lowest BCUT2D eigenvalue weighted by atomic mass is 10.0. The van der Waals surface area contributed by atoms with Crippen molar-refractivity contribution in [1.29, 1.82) is 0 Å². The minimum Gasteiger partial charge on any atom is -0.309 e. The lowest BCUT2D eigenvalue weighted by molar-refractivity contribution is 0.101. The average Bonchev–Trinajstić information content (AvgIpc) is 2.80. The van der Waals surface area contributed by atoms with Crippen molar-refractivity contribution in [1.82, 2.24) is 0 Å². The van der Waals surface area contributed by atoms with Gasteiger partial charge in [-0.15, -0.1) is 0 Å². The molecule has 0 atom stereocenters. The second-order valence-electron chi connectivity index (χ2n) is 6.93. The highest BCUT2D eigenvalue weighted by molar-refractivity contribution is 7.85. The summed E-state index contributed by atoms with van der Waals surface area (Å²) in [5, 5.41) is 2.41. The topological polar surface area (TPSA) is 34.1 Å². The molecule has 29 heavy (non-hydrogen) atoms. The van der Waals surface area contributed by atoms with Crippen LogP contribution in [0.1, 0.15) is 17.3 Å².